The van der Waals surface area contributed by atoms with E-state index in [-0.39, 0.29) is 0 Å². The van der Waals surface area contributed by atoms with Gasteiger partial charge in [0.05, 0.1) is 28.4 Å². The Labute approximate surface area is 180 Å². The molecule has 3 rings (SSSR count). The molecule has 1 aromatic heterocycles. The number of nitriles is 1. The van der Waals surface area contributed by atoms with Crippen LogP contribution in [-0.2, 0) is 0 Å². The molecule has 0 bridgehead atoms. The van der Waals surface area contributed by atoms with E-state index >= 15 is 0 Å². The van der Waals surface area contributed by atoms with Crippen LogP contribution in [-0.4, -0.2) is 12.1 Å². The Hall–Kier alpha value is -1.74. The molecular weight excluding hydrogens is 446 g/mol. The van der Waals surface area contributed by atoms with Crippen LogP contribution >= 0.6 is 57.7 Å². The first-order valence-corrected chi connectivity index (χ1v) is 9.88. The molecule has 3 nitrogen and oxygen atoms in total. The molecule has 0 radical (unpaired) electrons. The van der Waals surface area contributed by atoms with Gasteiger partial charge in [-0.15, -0.1) is 11.3 Å². The molecule has 8 heteroatoms. The third-order valence-corrected chi connectivity index (χ3v) is 5.53. The average molecular weight is 456 g/mol. The lowest BCUT2D eigenvalue weighted by atomic mass is 10.1. The van der Waals surface area contributed by atoms with Gasteiger partial charge in [-0.05, 0) is 36.4 Å². The van der Waals surface area contributed by atoms with Gasteiger partial charge >= 0.3 is 0 Å². The van der Waals surface area contributed by atoms with Crippen molar-refractivity contribution < 1.29 is 4.74 Å². The number of halogens is 4. The van der Waals surface area contributed by atoms with Crippen molar-refractivity contribution in [1.29, 1.82) is 5.26 Å². The molecule has 0 spiro atoms. The Balaban J connectivity index is 2.05. The summed E-state index contributed by atoms with van der Waals surface area (Å²) in [4.78, 5) is 4.53. The topological polar surface area (TPSA) is 45.9 Å². The fraction of sp³-hybridized carbons (Fsp3) is 0.0526. The third-order valence-electron chi connectivity index (χ3n) is 3.60. The summed E-state index contributed by atoms with van der Waals surface area (Å²) in [6.07, 6.45) is 1.64. The Morgan fingerprint density at radius 1 is 1.11 bits per heavy atom. The highest BCUT2D eigenvalue weighted by molar-refractivity contribution is 7.11. The Morgan fingerprint density at radius 3 is 2.52 bits per heavy atom. The summed E-state index contributed by atoms with van der Waals surface area (Å²) < 4.78 is 5.32. The lowest BCUT2D eigenvalue weighted by molar-refractivity contribution is 0.414. The van der Waals surface area contributed by atoms with E-state index in [0.717, 1.165) is 5.56 Å². The fourth-order valence-electron chi connectivity index (χ4n) is 2.42. The van der Waals surface area contributed by atoms with Crippen LogP contribution in [0.1, 0.15) is 10.6 Å². The maximum absolute atomic E-state index is 9.61. The molecule has 27 heavy (non-hydrogen) atoms. The zero-order valence-electron chi connectivity index (χ0n) is 13.8. The SMILES string of the molecule is COc1c(Cl)cc(Cl)cc1/C=C(\C#N)c1nc(-c2ccc(Cl)cc2Cl)cs1. The average Bonchev–Trinajstić information content (AvgIpc) is 3.08. The van der Waals surface area contributed by atoms with E-state index < -0.39 is 0 Å². The van der Waals surface area contributed by atoms with E-state index in [4.69, 9.17) is 51.1 Å². The quantitative estimate of drug-likeness (QED) is 0.382. The number of hydrogen-bond acceptors (Lipinski definition) is 4. The number of ether oxygens (including phenoxy) is 1. The van der Waals surface area contributed by atoms with E-state index in [1.165, 1.54) is 18.4 Å². The summed E-state index contributed by atoms with van der Waals surface area (Å²) in [5.74, 6) is 0.436. The van der Waals surface area contributed by atoms with Crippen LogP contribution in [0.4, 0.5) is 0 Å². The van der Waals surface area contributed by atoms with Gasteiger partial charge in [0.15, 0.2) is 0 Å². The standard InChI is InChI=1S/C19H10Cl4N2OS/c1-26-18-10(5-13(21)7-16(18)23)4-11(8-24)19-25-17(9-27-19)14-3-2-12(20)6-15(14)22/h2-7,9H,1H3/b11-4+. The van der Waals surface area contributed by atoms with Crippen molar-refractivity contribution in [2.75, 3.05) is 7.11 Å². The molecule has 1 heterocycles. The van der Waals surface area contributed by atoms with Crippen LogP contribution in [0, 0.1) is 11.3 Å². The molecule has 0 unspecified atom stereocenters. The van der Waals surface area contributed by atoms with Crippen LogP contribution in [0.15, 0.2) is 35.7 Å². The summed E-state index contributed by atoms with van der Waals surface area (Å²) in [6.45, 7) is 0. The van der Waals surface area contributed by atoms with E-state index in [1.807, 2.05) is 5.38 Å². The van der Waals surface area contributed by atoms with Crippen molar-refractivity contribution in [1.82, 2.24) is 4.98 Å². The predicted molar refractivity (Wildman–Crippen MR) is 114 cm³/mol. The lowest BCUT2D eigenvalue weighted by Gasteiger charge is -2.08. The molecule has 0 saturated carbocycles. The zero-order chi connectivity index (χ0) is 19.6. The molecule has 0 amide bonds. The van der Waals surface area contributed by atoms with E-state index in [1.54, 1.807) is 36.4 Å². The molecule has 0 saturated heterocycles. The largest absolute Gasteiger partial charge is 0.495 e. The lowest BCUT2D eigenvalue weighted by Crippen LogP contribution is -1.90. The summed E-state index contributed by atoms with van der Waals surface area (Å²) in [6, 6.07) is 10.6. The van der Waals surface area contributed by atoms with Crippen LogP contribution in [0.5, 0.6) is 5.75 Å². The van der Waals surface area contributed by atoms with Gasteiger partial charge in [-0.3, -0.25) is 0 Å². The maximum atomic E-state index is 9.61. The summed E-state index contributed by atoms with van der Waals surface area (Å²) in [5, 5.41) is 13.8. The first-order valence-electron chi connectivity index (χ1n) is 7.49. The Bertz CT molecular complexity index is 1090. The van der Waals surface area contributed by atoms with Gasteiger partial charge in [-0.2, -0.15) is 5.26 Å². The molecule has 0 fully saturated rings. The highest BCUT2D eigenvalue weighted by Gasteiger charge is 2.14. The minimum atomic E-state index is 0.355. The second-order valence-corrected chi connectivity index (χ2v) is 7.89. The molecule has 2 aromatic carbocycles. The monoisotopic (exact) mass is 454 g/mol. The number of methoxy groups -OCH3 is 1. The molecule has 3 aromatic rings. The third kappa shape index (κ3) is 4.40. The maximum Gasteiger partial charge on any atom is 0.144 e. The van der Waals surface area contributed by atoms with Gasteiger partial charge < -0.3 is 4.74 Å². The number of aromatic nitrogens is 1. The van der Waals surface area contributed by atoms with Gasteiger partial charge in [-0.1, -0.05) is 46.4 Å². The van der Waals surface area contributed by atoms with Crippen molar-refractivity contribution in [2.45, 2.75) is 0 Å². The summed E-state index contributed by atoms with van der Waals surface area (Å²) >= 11 is 25.8. The minimum Gasteiger partial charge on any atom is -0.495 e. The molecular formula is C19H10Cl4N2OS. The van der Waals surface area contributed by atoms with Crippen molar-refractivity contribution in [2.24, 2.45) is 0 Å². The van der Waals surface area contributed by atoms with Crippen LogP contribution in [0.25, 0.3) is 22.9 Å². The van der Waals surface area contributed by atoms with Gasteiger partial charge in [0.2, 0.25) is 0 Å². The molecule has 0 aliphatic rings. The van der Waals surface area contributed by atoms with Crippen molar-refractivity contribution in [3.8, 4) is 23.1 Å². The first-order chi connectivity index (χ1) is 12.9. The second kappa shape index (κ2) is 8.52. The number of hydrogen-bond donors (Lipinski definition) is 0. The normalized spacial score (nSPS) is 11.3. The van der Waals surface area contributed by atoms with E-state index in [0.29, 0.717) is 47.7 Å². The van der Waals surface area contributed by atoms with Crippen LogP contribution in [0.2, 0.25) is 20.1 Å². The smallest absolute Gasteiger partial charge is 0.144 e. The minimum absolute atomic E-state index is 0.355. The van der Waals surface area contributed by atoms with Crippen molar-refractivity contribution in [3.05, 3.63) is 66.4 Å². The fourth-order valence-corrected chi connectivity index (χ4v) is 4.30. The summed E-state index contributed by atoms with van der Waals surface area (Å²) in [7, 11) is 1.50. The van der Waals surface area contributed by atoms with Crippen LogP contribution in [0.3, 0.4) is 0 Å². The van der Waals surface area contributed by atoms with E-state index in [2.05, 4.69) is 11.1 Å². The highest BCUT2D eigenvalue weighted by Crippen LogP contribution is 2.36. The molecule has 0 N–H and O–H groups in total. The van der Waals surface area contributed by atoms with E-state index in [9.17, 15) is 5.26 Å². The molecule has 0 aliphatic heterocycles. The number of benzene rings is 2. The number of nitrogens with zero attached hydrogens (tertiary/aromatic N) is 2. The molecule has 0 atom stereocenters. The van der Waals surface area contributed by atoms with Gasteiger partial charge in [-0.25, -0.2) is 4.98 Å². The number of rotatable bonds is 4. The van der Waals surface area contributed by atoms with Gasteiger partial charge in [0.1, 0.15) is 16.8 Å². The Morgan fingerprint density at radius 2 is 1.85 bits per heavy atom. The predicted octanol–water partition coefficient (Wildman–Crippen LogP) is 7.50. The van der Waals surface area contributed by atoms with Crippen molar-refractivity contribution >= 4 is 69.4 Å². The van der Waals surface area contributed by atoms with Crippen molar-refractivity contribution in [3.63, 3.8) is 0 Å². The number of thiazole rings is 1. The molecule has 0 aliphatic carbocycles. The first kappa shape index (κ1) is 20.0. The Kier molecular flexibility index (Phi) is 6.31. The van der Waals surface area contributed by atoms with Crippen LogP contribution < -0.4 is 4.74 Å². The summed E-state index contributed by atoms with van der Waals surface area (Å²) in [5.41, 5.74) is 2.35. The number of allylic oxidation sites excluding steroid dienone is 1. The second-order valence-electron chi connectivity index (χ2n) is 5.34. The highest BCUT2D eigenvalue weighted by atomic mass is 35.5. The van der Waals surface area contributed by atoms with Gasteiger partial charge in [0.25, 0.3) is 0 Å². The van der Waals surface area contributed by atoms with Gasteiger partial charge in [0, 0.05) is 26.6 Å². The zero-order valence-corrected chi connectivity index (χ0v) is 17.6. The molecule has 136 valence electrons.